The number of ether oxygens (including phenoxy) is 2. The fraction of sp³-hybridized carbons (Fsp3) is 0.333. The van der Waals surface area contributed by atoms with E-state index in [4.69, 9.17) is 21.1 Å². The Kier molecular flexibility index (Phi) is 7.60. The molecule has 1 heterocycles. The summed E-state index contributed by atoms with van der Waals surface area (Å²) >= 11 is 7.54. The number of rotatable bonds is 9. The van der Waals surface area contributed by atoms with Gasteiger partial charge >= 0.3 is 0 Å². The van der Waals surface area contributed by atoms with Crippen LogP contribution < -0.4 is 14.4 Å². The summed E-state index contributed by atoms with van der Waals surface area (Å²) in [6.07, 6.45) is 0. The lowest BCUT2D eigenvalue weighted by Gasteiger charge is -2.22. The van der Waals surface area contributed by atoms with Crippen molar-refractivity contribution in [2.24, 2.45) is 0 Å². The van der Waals surface area contributed by atoms with E-state index in [9.17, 15) is 13.2 Å². The van der Waals surface area contributed by atoms with E-state index in [1.807, 2.05) is 19.0 Å². The number of likely N-dealkylation sites (N-methyl/N-ethyl adjacent to an activating group) is 1. The monoisotopic (exact) mass is 497 g/mol. The number of thiazole rings is 1. The molecule has 3 aromatic rings. The molecule has 32 heavy (non-hydrogen) atoms. The highest BCUT2D eigenvalue weighted by atomic mass is 35.5. The maximum Gasteiger partial charge on any atom is 0.244 e. The van der Waals surface area contributed by atoms with Gasteiger partial charge in [0.25, 0.3) is 0 Å². The van der Waals surface area contributed by atoms with E-state index in [-0.39, 0.29) is 11.4 Å². The Hall–Kier alpha value is -2.40. The van der Waals surface area contributed by atoms with Gasteiger partial charge in [0.15, 0.2) is 15.0 Å². The minimum absolute atomic E-state index is 0.0493. The second-order valence-corrected chi connectivity index (χ2v) is 10.6. The van der Waals surface area contributed by atoms with Crippen LogP contribution in [0.2, 0.25) is 5.02 Å². The van der Waals surface area contributed by atoms with Gasteiger partial charge in [0, 0.05) is 13.1 Å². The molecule has 11 heteroatoms. The highest BCUT2D eigenvalue weighted by Gasteiger charge is 2.27. The first-order chi connectivity index (χ1) is 15.2. The van der Waals surface area contributed by atoms with Crippen LogP contribution in [0.4, 0.5) is 5.13 Å². The van der Waals surface area contributed by atoms with E-state index in [1.54, 1.807) is 24.3 Å². The second kappa shape index (κ2) is 10.0. The zero-order valence-corrected chi connectivity index (χ0v) is 20.6. The van der Waals surface area contributed by atoms with E-state index >= 15 is 0 Å². The molecule has 0 fully saturated rings. The van der Waals surface area contributed by atoms with Gasteiger partial charge in [-0.05, 0) is 50.5 Å². The number of carbonyl (C=O) groups is 1. The molecule has 8 nitrogen and oxygen atoms in total. The van der Waals surface area contributed by atoms with Crippen LogP contribution in [0, 0.1) is 0 Å². The SMILES string of the molecule is COc1ccc(S(=O)(=O)CC(=O)N(CCN(C)C)c2nc3c(OC)ccc(Cl)c3s2)cc1. The number of hydrogen-bond donors (Lipinski definition) is 0. The predicted octanol–water partition coefficient (Wildman–Crippen LogP) is 3.34. The molecule has 0 atom stereocenters. The fourth-order valence-corrected chi connectivity index (χ4v) is 5.45. The number of sulfone groups is 1. The van der Waals surface area contributed by atoms with Gasteiger partial charge in [-0.1, -0.05) is 22.9 Å². The third-order valence-electron chi connectivity index (χ3n) is 4.70. The Morgan fingerprint density at radius 2 is 1.75 bits per heavy atom. The third kappa shape index (κ3) is 5.32. The molecule has 1 aromatic heterocycles. The van der Waals surface area contributed by atoms with Crippen LogP contribution >= 0.6 is 22.9 Å². The molecule has 3 rings (SSSR count). The first kappa shape index (κ1) is 24.2. The summed E-state index contributed by atoms with van der Waals surface area (Å²) in [6.45, 7) is 0.791. The molecule has 0 aliphatic rings. The van der Waals surface area contributed by atoms with Crippen molar-refractivity contribution in [3.8, 4) is 11.5 Å². The first-order valence-electron chi connectivity index (χ1n) is 9.61. The Morgan fingerprint density at radius 3 is 2.34 bits per heavy atom. The molecule has 0 spiro atoms. The van der Waals surface area contributed by atoms with Crippen LogP contribution in [0.15, 0.2) is 41.3 Å². The topological polar surface area (TPSA) is 89.0 Å². The number of anilines is 1. The quantitative estimate of drug-likeness (QED) is 0.448. The molecule has 0 saturated carbocycles. The zero-order valence-electron chi connectivity index (χ0n) is 18.2. The molecular formula is C21H24ClN3O5S2. The van der Waals surface area contributed by atoms with Crippen molar-refractivity contribution in [3.63, 3.8) is 0 Å². The van der Waals surface area contributed by atoms with Gasteiger partial charge in [0.2, 0.25) is 5.91 Å². The Bertz CT molecular complexity index is 1210. The number of aromatic nitrogens is 1. The van der Waals surface area contributed by atoms with Crippen molar-refractivity contribution in [1.29, 1.82) is 0 Å². The Balaban J connectivity index is 1.95. The smallest absolute Gasteiger partial charge is 0.244 e. The van der Waals surface area contributed by atoms with Gasteiger partial charge in [-0.2, -0.15) is 0 Å². The lowest BCUT2D eigenvalue weighted by atomic mass is 10.3. The van der Waals surface area contributed by atoms with Crippen LogP contribution in [0.1, 0.15) is 0 Å². The molecule has 0 saturated heterocycles. The number of carbonyl (C=O) groups excluding carboxylic acids is 1. The average molecular weight is 498 g/mol. The van der Waals surface area contributed by atoms with Crippen molar-refractivity contribution < 1.29 is 22.7 Å². The molecule has 0 unspecified atom stereocenters. The number of amides is 1. The predicted molar refractivity (Wildman–Crippen MR) is 127 cm³/mol. The van der Waals surface area contributed by atoms with E-state index in [1.165, 1.54) is 42.6 Å². The Morgan fingerprint density at radius 1 is 1.06 bits per heavy atom. The number of hydrogen-bond acceptors (Lipinski definition) is 8. The third-order valence-corrected chi connectivity index (χ3v) is 7.86. The minimum Gasteiger partial charge on any atom is -0.497 e. The molecule has 0 bridgehead atoms. The molecule has 172 valence electrons. The maximum atomic E-state index is 13.2. The molecular weight excluding hydrogens is 474 g/mol. The summed E-state index contributed by atoms with van der Waals surface area (Å²) < 4.78 is 36.9. The van der Waals surface area contributed by atoms with Gasteiger partial charge in [-0.3, -0.25) is 9.69 Å². The number of benzene rings is 2. The van der Waals surface area contributed by atoms with Gasteiger partial charge in [-0.25, -0.2) is 13.4 Å². The highest BCUT2D eigenvalue weighted by molar-refractivity contribution is 7.92. The number of halogens is 1. The normalized spacial score (nSPS) is 11.7. The van der Waals surface area contributed by atoms with E-state index in [0.29, 0.717) is 38.4 Å². The Labute approximate surface area is 196 Å². The van der Waals surface area contributed by atoms with Gasteiger partial charge < -0.3 is 14.4 Å². The van der Waals surface area contributed by atoms with Gasteiger partial charge in [0.1, 0.15) is 22.8 Å². The summed E-state index contributed by atoms with van der Waals surface area (Å²) in [5, 5.41) is 0.846. The highest BCUT2D eigenvalue weighted by Crippen LogP contribution is 2.38. The van der Waals surface area contributed by atoms with Crippen LogP contribution in [0.25, 0.3) is 10.2 Å². The maximum absolute atomic E-state index is 13.2. The summed E-state index contributed by atoms with van der Waals surface area (Å²) in [5.41, 5.74) is 0.528. The summed E-state index contributed by atoms with van der Waals surface area (Å²) in [6, 6.07) is 9.34. The molecule has 1 amide bonds. The fourth-order valence-electron chi connectivity index (χ4n) is 2.96. The van der Waals surface area contributed by atoms with Crippen LogP contribution in [-0.4, -0.2) is 71.4 Å². The molecule has 2 aromatic carbocycles. The zero-order chi connectivity index (χ0) is 23.5. The van der Waals surface area contributed by atoms with E-state index in [0.717, 1.165) is 0 Å². The second-order valence-electron chi connectivity index (χ2n) is 7.21. The summed E-state index contributed by atoms with van der Waals surface area (Å²) in [7, 11) is 2.90. The van der Waals surface area contributed by atoms with Crippen molar-refractivity contribution in [2.45, 2.75) is 4.90 Å². The van der Waals surface area contributed by atoms with Crippen molar-refractivity contribution in [2.75, 3.05) is 52.1 Å². The van der Waals surface area contributed by atoms with Gasteiger partial charge in [0.05, 0.1) is 28.8 Å². The van der Waals surface area contributed by atoms with Gasteiger partial charge in [-0.15, -0.1) is 0 Å². The lowest BCUT2D eigenvalue weighted by Crippen LogP contribution is -2.40. The van der Waals surface area contributed by atoms with E-state index in [2.05, 4.69) is 4.98 Å². The molecule has 0 aliphatic heterocycles. The average Bonchev–Trinajstić information content (AvgIpc) is 3.19. The number of nitrogens with zero attached hydrogens (tertiary/aromatic N) is 3. The van der Waals surface area contributed by atoms with Crippen LogP contribution in [0.3, 0.4) is 0 Å². The lowest BCUT2D eigenvalue weighted by molar-refractivity contribution is -0.116. The van der Waals surface area contributed by atoms with Crippen molar-refractivity contribution in [1.82, 2.24) is 9.88 Å². The van der Waals surface area contributed by atoms with Crippen molar-refractivity contribution >= 4 is 54.0 Å². The van der Waals surface area contributed by atoms with Crippen molar-refractivity contribution in [3.05, 3.63) is 41.4 Å². The number of fused-ring (bicyclic) bond motifs is 1. The molecule has 0 N–H and O–H groups in total. The largest absolute Gasteiger partial charge is 0.497 e. The molecule has 0 radical (unpaired) electrons. The first-order valence-corrected chi connectivity index (χ1v) is 12.5. The summed E-state index contributed by atoms with van der Waals surface area (Å²) in [5.74, 6) is -0.203. The van der Waals surface area contributed by atoms with Crippen LogP contribution in [0.5, 0.6) is 11.5 Å². The minimum atomic E-state index is -3.86. The summed E-state index contributed by atoms with van der Waals surface area (Å²) in [4.78, 5) is 21.1. The van der Waals surface area contributed by atoms with Crippen LogP contribution in [-0.2, 0) is 14.6 Å². The standard InChI is InChI=1S/C21H24ClN3O5S2/c1-24(2)11-12-25(21-23-19-17(30-4)10-9-16(22)20(19)31-21)18(26)13-32(27,28)15-7-5-14(29-3)6-8-15/h5-10H,11-13H2,1-4H3. The van der Waals surface area contributed by atoms with E-state index < -0.39 is 21.5 Å². The molecule has 0 aliphatic carbocycles. The number of methoxy groups -OCH3 is 2.